The van der Waals surface area contributed by atoms with Crippen LogP contribution in [0.3, 0.4) is 0 Å². The van der Waals surface area contributed by atoms with Gasteiger partial charge in [0.05, 0.1) is 11.8 Å². The molecule has 0 bridgehead atoms. The Labute approximate surface area is 96.6 Å². The van der Waals surface area contributed by atoms with Crippen LogP contribution >= 0.6 is 11.3 Å². The van der Waals surface area contributed by atoms with Gasteiger partial charge in [0.15, 0.2) is 11.3 Å². The van der Waals surface area contributed by atoms with Crippen molar-refractivity contribution < 1.29 is 9.15 Å². The molecule has 0 aliphatic heterocycles. The molecule has 2 N–H and O–H groups in total. The summed E-state index contributed by atoms with van der Waals surface area (Å²) in [6.45, 7) is 1.94. The Morgan fingerprint density at radius 1 is 1.56 bits per heavy atom. The van der Waals surface area contributed by atoms with Crippen LogP contribution in [0.2, 0.25) is 0 Å². The highest BCUT2D eigenvalue weighted by Gasteiger charge is 2.11. The first-order valence-electron chi connectivity index (χ1n) is 4.96. The number of benzene rings is 1. The van der Waals surface area contributed by atoms with Crippen LogP contribution in [0.5, 0.6) is 5.75 Å². The fraction of sp³-hybridized carbons (Fsp3) is 0.364. The third-order valence-corrected chi connectivity index (χ3v) is 3.01. The van der Waals surface area contributed by atoms with Gasteiger partial charge in [-0.05, 0) is 31.0 Å². The fourth-order valence-corrected chi connectivity index (χ4v) is 2.39. The zero-order valence-electron chi connectivity index (χ0n) is 9.15. The second kappa shape index (κ2) is 4.27. The van der Waals surface area contributed by atoms with E-state index >= 15 is 0 Å². The largest absolute Gasteiger partial charge is 0.493 e. The Kier molecular flexibility index (Phi) is 2.98. The molecule has 2 rings (SSSR count). The summed E-state index contributed by atoms with van der Waals surface area (Å²) in [6.07, 6.45) is 0.748. The van der Waals surface area contributed by atoms with E-state index in [2.05, 4.69) is 0 Å². The molecule has 4 nitrogen and oxygen atoms in total. The lowest BCUT2D eigenvalue weighted by Crippen LogP contribution is -2.17. The van der Waals surface area contributed by atoms with E-state index in [9.17, 15) is 4.79 Å². The van der Waals surface area contributed by atoms with Crippen LogP contribution in [0.4, 0.5) is 0 Å². The topological polar surface area (TPSA) is 65.5 Å². The summed E-state index contributed by atoms with van der Waals surface area (Å²) in [5.41, 5.74) is 7.31. The smallest absolute Gasteiger partial charge is 0.396 e. The highest BCUT2D eigenvalue weighted by molar-refractivity contribution is 7.16. The molecular formula is C11H13NO3S. The Hall–Kier alpha value is -1.33. The molecule has 1 aromatic carbocycles. The standard InChI is InChI=1S/C11H13NO3S/c1-6(12)3-7-4-8(14-2)10-9(5-7)16-11(13)15-10/h4-6H,3,12H2,1-2H3. The lowest BCUT2D eigenvalue weighted by atomic mass is 10.1. The zero-order valence-corrected chi connectivity index (χ0v) is 9.97. The minimum Gasteiger partial charge on any atom is -0.493 e. The van der Waals surface area contributed by atoms with E-state index in [0.29, 0.717) is 11.3 Å². The van der Waals surface area contributed by atoms with Crippen molar-refractivity contribution in [1.29, 1.82) is 0 Å². The van der Waals surface area contributed by atoms with Gasteiger partial charge in [0, 0.05) is 6.04 Å². The molecule has 86 valence electrons. The summed E-state index contributed by atoms with van der Waals surface area (Å²) in [4.78, 5) is 10.8. The molecule has 0 aliphatic rings. The van der Waals surface area contributed by atoms with Crippen molar-refractivity contribution in [3.8, 4) is 5.75 Å². The van der Waals surface area contributed by atoms with Gasteiger partial charge in [-0.2, -0.15) is 0 Å². The van der Waals surface area contributed by atoms with Crippen LogP contribution in [0.1, 0.15) is 12.5 Å². The molecule has 1 unspecified atom stereocenters. The summed E-state index contributed by atoms with van der Waals surface area (Å²) in [5.74, 6) is 0.589. The maximum absolute atomic E-state index is 11.2. The first-order valence-corrected chi connectivity index (χ1v) is 5.78. The van der Waals surface area contributed by atoms with E-state index in [1.54, 1.807) is 7.11 Å². The van der Waals surface area contributed by atoms with Gasteiger partial charge in [0.2, 0.25) is 0 Å². The second-order valence-corrected chi connectivity index (χ2v) is 4.74. The zero-order chi connectivity index (χ0) is 11.7. The van der Waals surface area contributed by atoms with Crippen molar-refractivity contribution in [3.63, 3.8) is 0 Å². The minimum absolute atomic E-state index is 0.0748. The van der Waals surface area contributed by atoms with Crippen molar-refractivity contribution in [2.75, 3.05) is 7.11 Å². The van der Waals surface area contributed by atoms with E-state index in [1.807, 2.05) is 19.1 Å². The average Bonchev–Trinajstić information content (AvgIpc) is 2.56. The number of hydrogen-bond acceptors (Lipinski definition) is 5. The first-order chi connectivity index (χ1) is 7.60. The van der Waals surface area contributed by atoms with Crippen LogP contribution in [-0.2, 0) is 6.42 Å². The summed E-state index contributed by atoms with van der Waals surface area (Å²) in [6, 6.07) is 3.86. The number of hydrogen-bond donors (Lipinski definition) is 1. The van der Waals surface area contributed by atoms with Gasteiger partial charge in [-0.25, -0.2) is 4.79 Å². The molecule has 1 aromatic heterocycles. The highest BCUT2D eigenvalue weighted by Crippen LogP contribution is 2.29. The maximum Gasteiger partial charge on any atom is 0.396 e. The molecule has 0 aliphatic carbocycles. The van der Waals surface area contributed by atoms with Crippen molar-refractivity contribution in [2.45, 2.75) is 19.4 Å². The molecule has 0 amide bonds. The van der Waals surface area contributed by atoms with Gasteiger partial charge in [0.1, 0.15) is 0 Å². The average molecular weight is 239 g/mol. The van der Waals surface area contributed by atoms with Gasteiger partial charge >= 0.3 is 4.94 Å². The van der Waals surface area contributed by atoms with Crippen molar-refractivity contribution in [3.05, 3.63) is 27.4 Å². The molecule has 2 aromatic rings. The SMILES string of the molecule is COc1cc(CC(C)N)cc2sc(=O)oc12. The molecule has 0 saturated carbocycles. The van der Waals surface area contributed by atoms with Crippen molar-refractivity contribution in [1.82, 2.24) is 0 Å². The van der Waals surface area contributed by atoms with Crippen LogP contribution in [-0.4, -0.2) is 13.2 Å². The van der Waals surface area contributed by atoms with Crippen molar-refractivity contribution in [2.24, 2.45) is 5.73 Å². The third-order valence-electron chi connectivity index (χ3n) is 2.24. The fourth-order valence-electron chi connectivity index (χ4n) is 1.64. The summed E-state index contributed by atoms with van der Waals surface area (Å²) in [7, 11) is 1.56. The molecule has 16 heavy (non-hydrogen) atoms. The highest BCUT2D eigenvalue weighted by atomic mass is 32.1. The number of fused-ring (bicyclic) bond motifs is 1. The number of ether oxygens (including phenoxy) is 1. The van der Waals surface area contributed by atoms with E-state index in [1.165, 1.54) is 0 Å². The summed E-state index contributed by atoms with van der Waals surface area (Å²) in [5, 5.41) is 0. The molecule has 5 heteroatoms. The molecule has 1 heterocycles. The Balaban J connectivity index is 2.58. The normalized spacial score (nSPS) is 12.9. The van der Waals surface area contributed by atoms with Gasteiger partial charge in [0.25, 0.3) is 0 Å². The Morgan fingerprint density at radius 2 is 2.31 bits per heavy atom. The van der Waals surface area contributed by atoms with E-state index in [4.69, 9.17) is 14.9 Å². The molecule has 0 saturated heterocycles. The van der Waals surface area contributed by atoms with E-state index in [-0.39, 0.29) is 11.0 Å². The predicted molar refractivity (Wildman–Crippen MR) is 64.3 cm³/mol. The van der Waals surface area contributed by atoms with Crippen LogP contribution in [0, 0.1) is 0 Å². The van der Waals surface area contributed by atoms with Gasteiger partial charge in [-0.1, -0.05) is 11.3 Å². The Morgan fingerprint density at radius 3 is 2.94 bits per heavy atom. The first kappa shape index (κ1) is 11.2. The van der Waals surface area contributed by atoms with Crippen molar-refractivity contribution >= 4 is 21.6 Å². The minimum atomic E-state index is -0.314. The monoisotopic (exact) mass is 239 g/mol. The number of nitrogens with two attached hydrogens (primary N) is 1. The third kappa shape index (κ3) is 2.10. The molecule has 0 fully saturated rings. The molecule has 1 atom stereocenters. The van der Waals surface area contributed by atoms with Gasteiger partial charge < -0.3 is 14.9 Å². The van der Waals surface area contributed by atoms with Crippen LogP contribution < -0.4 is 15.4 Å². The summed E-state index contributed by atoms with van der Waals surface area (Å²) >= 11 is 1.08. The molecular weight excluding hydrogens is 226 g/mol. The lowest BCUT2D eigenvalue weighted by molar-refractivity contribution is 0.408. The maximum atomic E-state index is 11.2. The van der Waals surface area contributed by atoms with E-state index in [0.717, 1.165) is 28.0 Å². The Bertz CT molecular complexity index is 556. The van der Waals surface area contributed by atoms with Gasteiger partial charge in [-0.3, -0.25) is 0 Å². The molecule has 0 spiro atoms. The van der Waals surface area contributed by atoms with Gasteiger partial charge in [-0.15, -0.1) is 0 Å². The van der Waals surface area contributed by atoms with Crippen LogP contribution in [0.25, 0.3) is 10.3 Å². The number of methoxy groups -OCH3 is 1. The quantitative estimate of drug-likeness (QED) is 0.886. The predicted octanol–water partition coefficient (Wildman–Crippen LogP) is 1.75. The number of rotatable bonds is 3. The lowest BCUT2D eigenvalue weighted by Gasteiger charge is -2.07. The molecule has 0 radical (unpaired) electrons. The van der Waals surface area contributed by atoms with E-state index < -0.39 is 0 Å². The summed E-state index contributed by atoms with van der Waals surface area (Å²) < 4.78 is 11.1. The second-order valence-electron chi connectivity index (χ2n) is 3.76. The van der Waals surface area contributed by atoms with Crippen LogP contribution in [0.15, 0.2) is 21.3 Å².